The molecule has 3 N–H and O–H groups in total. The number of nitrogens with two attached hydrogens (primary N) is 1. The summed E-state index contributed by atoms with van der Waals surface area (Å²) >= 11 is 0. The summed E-state index contributed by atoms with van der Waals surface area (Å²) in [7, 11) is 1.80. The SMILES string of the molecule is CN=CCCCCCCCNC(=O)CCC(N)C(=O)C(C)(C)C. The first-order valence-electron chi connectivity index (χ1n) is 8.76. The molecule has 23 heavy (non-hydrogen) atoms. The van der Waals surface area contributed by atoms with E-state index in [1.165, 1.54) is 19.3 Å². The normalized spacial score (nSPS) is 13.3. The number of nitrogens with zero attached hydrogens (tertiary/aromatic N) is 1. The van der Waals surface area contributed by atoms with Crippen molar-refractivity contribution in [3.05, 3.63) is 0 Å². The van der Waals surface area contributed by atoms with Crippen LogP contribution in [0.2, 0.25) is 0 Å². The highest BCUT2D eigenvalue weighted by atomic mass is 16.1. The van der Waals surface area contributed by atoms with Crippen molar-refractivity contribution in [2.75, 3.05) is 13.6 Å². The Kier molecular flexibility index (Phi) is 11.6. The molecule has 0 aromatic rings. The van der Waals surface area contributed by atoms with E-state index in [4.69, 9.17) is 5.73 Å². The van der Waals surface area contributed by atoms with Crippen LogP contribution in [0.1, 0.15) is 72.1 Å². The molecule has 0 heterocycles. The Balaban J connectivity index is 3.59. The van der Waals surface area contributed by atoms with Gasteiger partial charge in [0.05, 0.1) is 6.04 Å². The minimum absolute atomic E-state index is 0.0124. The average Bonchev–Trinajstić information content (AvgIpc) is 2.49. The molecule has 0 aromatic carbocycles. The molecule has 0 aliphatic carbocycles. The molecule has 1 unspecified atom stereocenters. The second-order valence-corrected chi connectivity index (χ2v) is 7.11. The largest absolute Gasteiger partial charge is 0.356 e. The van der Waals surface area contributed by atoms with Gasteiger partial charge in [-0.05, 0) is 31.9 Å². The van der Waals surface area contributed by atoms with Gasteiger partial charge in [0.15, 0.2) is 5.78 Å². The average molecular weight is 325 g/mol. The highest BCUT2D eigenvalue weighted by Crippen LogP contribution is 2.17. The molecule has 134 valence electrons. The first-order valence-corrected chi connectivity index (χ1v) is 8.76. The number of hydrogen-bond acceptors (Lipinski definition) is 4. The predicted octanol–water partition coefficient (Wildman–Crippen LogP) is 2.87. The fourth-order valence-corrected chi connectivity index (χ4v) is 2.31. The van der Waals surface area contributed by atoms with Gasteiger partial charge in [-0.2, -0.15) is 0 Å². The first-order chi connectivity index (χ1) is 10.8. The van der Waals surface area contributed by atoms with Crippen molar-refractivity contribution in [2.24, 2.45) is 16.1 Å². The quantitative estimate of drug-likeness (QED) is 0.427. The van der Waals surface area contributed by atoms with Crippen LogP contribution in [0.3, 0.4) is 0 Å². The molecule has 0 radical (unpaired) electrons. The summed E-state index contributed by atoms with van der Waals surface area (Å²) in [6.07, 6.45) is 9.47. The van der Waals surface area contributed by atoms with Gasteiger partial charge < -0.3 is 16.0 Å². The monoisotopic (exact) mass is 325 g/mol. The van der Waals surface area contributed by atoms with Crippen LogP contribution in [0.4, 0.5) is 0 Å². The number of carbonyl (C=O) groups is 2. The van der Waals surface area contributed by atoms with Gasteiger partial charge in [0.1, 0.15) is 0 Å². The molecule has 0 aliphatic heterocycles. The first kappa shape index (κ1) is 21.8. The molecule has 0 bridgehead atoms. The van der Waals surface area contributed by atoms with Crippen LogP contribution in [-0.4, -0.2) is 37.5 Å². The van der Waals surface area contributed by atoms with E-state index >= 15 is 0 Å². The third-order valence-corrected chi connectivity index (χ3v) is 3.77. The maximum absolute atomic E-state index is 11.9. The van der Waals surface area contributed by atoms with Crippen LogP contribution >= 0.6 is 0 Å². The van der Waals surface area contributed by atoms with E-state index in [1.54, 1.807) is 7.05 Å². The van der Waals surface area contributed by atoms with Gasteiger partial charge in [0.2, 0.25) is 5.91 Å². The Labute approximate surface area is 141 Å². The summed E-state index contributed by atoms with van der Waals surface area (Å²) < 4.78 is 0. The minimum atomic E-state index is -0.549. The smallest absolute Gasteiger partial charge is 0.220 e. The fraction of sp³-hybridized carbons (Fsp3) is 0.833. The van der Waals surface area contributed by atoms with Crippen LogP contribution in [0, 0.1) is 5.41 Å². The molecule has 0 aromatic heterocycles. The van der Waals surface area contributed by atoms with Crippen molar-refractivity contribution < 1.29 is 9.59 Å². The van der Waals surface area contributed by atoms with E-state index in [-0.39, 0.29) is 11.7 Å². The summed E-state index contributed by atoms with van der Waals surface area (Å²) in [6.45, 7) is 6.26. The molecule has 0 spiro atoms. The Bertz CT molecular complexity index is 373. The molecule has 0 saturated carbocycles. The van der Waals surface area contributed by atoms with Crippen LogP contribution < -0.4 is 11.1 Å². The lowest BCUT2D eigenvalue weighted by molar-refractivity contribution is -0.128. The molecular weight excluding hydrogens is 290 g/mol. The highest BCUT2D eigenvalue weighted by Gasteiger charge is 2.27. The lowest BCUT2D eigenvalue weighted by atomic mass is 9.85. The third-order valence-electron chi connectivity index (χ3n) is 3.77. The highest BCUT2D eigenvalue weighted by molar-refractivity contribution is 5.89. The van der Waals surface area contributed by atoms with Crippen molar-refractivity contribution in [1.82, 2.24) is 5.32 Å². The number of unbranched alkanes of at least 4 members (excludes halogenated alkanes) is 5. The number of Topliss-reactive ketones (excluding diaryl/α,β-unsaturated/α-hetero) is 1. The van der Waals surface area contributed by atoms with E-state index in [9.17, 15) is 9.59 Å². The summed E-state index contributed by atoms with van der Waals surface area (Å²) in [5, 5.41) is 2.90. The second-order valence-electron chi connectivity index (χ2n) is 7.11. The van der Waals surface area contributed by atoms with Crippen molar-refractivity contribution in [2.45, 2.75) is 78.2 Å². The zero-order chi connectivity index (χ0) is 17.7. The Morgan fingerprint density at radius 1 is 1.13 bits per heavy atom. The van der Waals surface area contributed by atoms with E-state index in [0.29, 0.717) is 19.4 Å². The van der Waals surface area contributed by atoms with Gasteiger partial charge in [-0.1, -0.05) is 40.0 Å². The van der Waals surface area contributed by atoms with Crippen molar-refractivity contribution >= 4 is 17.9 Å². The van der Waals surface area contributed by atoms with Crippen molar-refractivity contribution in [1.29, 1.82) is 0 Å². The van der Waals surface area contributed by atoms with Gasteiger partial charge in [0, 0.05) is 25.4 Å². The van der Waals surface area contributed by atoms with Gasteiger partial charge in [0.25, 0.3) is 0 Å². The Hall–Kier alpha value is -1.23. The summed E-state index contributed by atoms with van der Waals surface area (Å²) in [5.41, 5.74) is 5.41. The number of carbonyl (C=O) groups excluding carboxylic acids is 2. The van der Waals surface area contributed by atoms with Gasteiger partial charge >= 0.3 is 0 Å². The van der Waals surface area contributed by atoms with Crippen LogP contribution in [0.15, 0.2) is 4.99 Å². The molecule has 0 aliphatic rings. The maximum Gasteiger partial charge on any atom is 0.220 e. The summed E-state index contributed by atoms with van der Waals surface area (Å²) in [5.74, 6) is -0.000246. The van der Waals surface area contributed by atoms with E-state index < -0.39 is 11.5 Å². The number of amides is 1. The van der Waals surface area contributed by atoms with Crippen molar-refractivity contribution in [3.63, 3.8) is 0 Å². The number of hydrogen-bond donors (Lipinski definition) is 2. The lowest BCUT2D eigenvalue weighted by Gasteiger charge is -2.21. The van der Waals surface area contributed by atoms with Crippen LogP contribution in [-0.2, 0) is 9.59 Å². The third kappa shape index (κ3) is 11.9. The molecule has 5 heteroatoms. The van der Waals surface area contributed by atoms with E-state index in [1.807, 2.05) is 27.0 Å². The Morgan fingerprint density at radius 3 is 2.35 bits per heavy atom. The minimum Gasteiger partial charge on any atom is -0.356 e. The molecule has 5 nitrogen and oxygen atoms in total. The topological polar surface area (TPSA) is 84.6 Å². The molecule has 0 rings (SSSR count). The van der Waals surface area contributed by atoms with Crippen LogP contribution in [0.25, 0.3) is 0 Å². The maximum atomic E-state index is 11.9. The molecule has 0 fully saturated rings. The summed E-state index contributed by atoms with van der Waals surface area (Å²) in [4.78, 5) is 27.6. The van der Waals surface area contributed by atoms with Gasteiger partial charge in [-0.25, -0.2) is 0 Å². The fourth-order valence-electron chi connectivity index (χ4n) is 2.31. The second kappa shape index (κ2) is 12.2. The van der Waals surface area contributed by atoms with Crippen molar-refractivity contribution in [3.8, 4) is 0 Å². The Morgan fingerprint density at radius 2 is 1.74 bits per heavy atom. The van der Waals surface area contributed by atoms with Crippen LogP contribution in [0.5, 0.6) is 0 Å². The number of aliphatic imine (C=N–C) groups is 1. The molecule has 0 saturated heterocycles. The number of nitrogens with one attached hydrogen (secondary N) is 1. The standard InChI is InChI=1S/C18H35N3O2/c1-18(2,3)17(23)15(19)11-12-16(22)21-14-10-8-6-5-7-9-13-20-4/h13,15H,5-12,14,19H2,1-4H3,(H,21,22). The zero-order valence-corrected chi connectivity index (χ0v) is 15.4. The summed E-state index contributed by atoms with van der Waals surface area (Å²) in [6, 6.07) is -0.549. The predicted molar refractivity (Wildman–Crippen MR) is 96.8 cm³/mol. The van der Waals surface area contributed by atoms with E-state index in [0.717, 1.165) is 19.3 Å². The molecule has 1 amide bonds. The zero-order valence-electron chi connectivity index (χ0n) is 15.4. The van der Waals surface area contributed by atoms with E-state index in [2.05, 4.69) is 10.3 Å². The number of rotatable bonds is 12. The van der Waals surface area contributed by atoms with Gasteiger partial charge in [-0.3, -0.25) is 9.59 Å². The number of ketones is 1. The van der Waals surface area contributed by atoms with Gasteiger partial charge in [-0.15, -0.1) is 0 Å². The molecule has 1 atom stereocenters. The lowest BCUT2D eigenvalue weighted by Crippen LogP contribution is -2.39. The molecular formula is C18H35N3O2.